The Hall–Kier alpha value is -2.15. The molecule has 1 amide bonds. The maximum Gasteiger partial charge on any atom is 0.329 e. The third-order valence-electron chi connectivity index (χ3n) is 3.28. The number of para-hydroxylation sites is 1. The van der Waals surface area contributed by atoms with E-state index >= 15 is 0 Å². The van der Waals surface area contributed by atoms with Crippen molar-refractivity contribution < 1.29 is 23.8 Å². The van der Waals surface area contributed by atoms with Crippen LogP contribution in [0.15, 0.2) is 24.3 Å². The maximum atomic E-state index is 13.7. The monoisotopic (exact) mass is 296 g/mol. The van der Waals surface area contributed by atoms with Crippen molar-refractivity contribution in [1.82, 2.24) is 4.90 Å². The van der Waals surface area contributed by atoms with Gasteiger partial charge in [-0.2, -0.15) is 0 Å². The van der Waals surface area contributed by atoms with E-state index in [1.807, 2.05) is 4.90 Å². The number of benzene rings is 1. The number of ether oxygens (including phenoxy) is 1. The van der Waals surface area contributed by atoms with Crippen LogP contribution < -0.4 is 4.90 Å². The maximum absolute atomic E-state index is 13.7. The van der Waals surface area contributed by atoms with Gasteiger partial charge in [-0.05, 0) is 12.1 Å². The summed E-state index contributed by atoms with van der Waals surface area (Å²) in [4.78, 5) is 25.6. The molecule has 0 saturated carbocycles. The summed E-state index contributed by atoms with van der Waals surface area (Å²) in [6, 6.07) is 6.53. The van der Waals surface area contributed by atoms with Crippen LogP contribution in [0.2, 0.25) is 0 Å². The summed E-state index contributed by atoms with van der Waals surface area (Å²) in [5.41, 5.74) is 0.534. The van der Waals surface area contributed by atoms with Crippen LogP contribution in [-0.2, 0) is 14.3 Å². The topological polar surface area (TPSA) is 70.1 Å². The first-order chi connectivity index (χ1) is 10.1. The van der Waals surface area contributed by atoms with E-state index in [4.69, 9.17) is 9.84 Å². The molecule has 0 atom stereocenters. The van der Waals surface area contributed by atoms with E-state index < -0.39 is 12.6 Å². The van der Waals surface area contributed by atoms with E-state index in [1.54, 1.807) is 23.1 Å². The Morgan fingerprint density at radius 3 is 2.43 bits per heavy atom. The molecule has 0 aliphatic carbocycles. The van der Waals surface area contributed by atoms with Gasteiger partial charge in [0.25, 0.3) is 0 Å². The largest absolute Gasteiger partial charge is 0.480 e. The van der Waals surface area contributed by atoms with Gasteiger partial charge in [0.05, 0.1) is 5.69 Å². The van der Waals surface area contributed by atoms with Crippen LogP contribution in [0.3, 0.4) is 0 Å². The number of carboxylic acids is 1. The quantitative estimate of drug-likeness (QED) is 0.860. The van der Waals surface area contributed by atoms with Gasteiger partial charge in [-0.1, -0.05) is 12.1 Å². The Labute approximate surface area is 121 Å². The standard InChI is InChI=1S/C14H17FN2O4/c15-11-3-1-2-4-12(11)16-5-7-17(8-6-16)13(18)9-21-10-14(19)20/h1-4H,5-10H2,(H,19,20). The lowest BCUT2D eigenvalue weighted by molar-refractivity contribution is -0.145. The van der Waals surface area contributed by atoms with Crippen LogP contribution in [0.4, 0.5) is 10.1 Å². The summed E-state index contributed by atoms with van der Waals surface area (Å²) in [6.45, 7) is 1.26. The summed E-state index contributed by atoms with van der Waals surface area (Å²) in [7, 11) is 0. The molecular formula is C14H17FN2O4. The first-order valence-corrected chi connectivity index (χ1v) is 6.64. The van der Waals surface area contributed by atoms with Crippen LogP contribution >= 0.6 is 0 Å². The zero-order valence-electron chi connectivity index (χ0n) is 11.5. The van der Waals surface area contributed by atoms with Crippen molar-refractivity contribution in [2.75, 3.05) is 44.3 Å². The molecule has 6 nitrogen and oxygen atoms in total. The van der Waals surface area contributed by atoms with Crippen LogP contribution in [-0.4, -0.2) is 61.3 Å². The van der Waals surface area contributed by atoms with Crippen molar-refractivity contribution in [3.8, 4) is 0 Å². The number of piperazine rings is 1. The molecular weight excluding hydrogens is 279 g/mol. The second-order valence-corrected chi connectivity index (χ2v) is 4.71. The van der Waals surface area contributed by atoms with Crippen LogP contribution in [0, 0.1) is 5.82 Å². The summed E-state index contributed by atoms with van der Waals surface area (Å²) in [5, 5.41) is 8.43. The van der Waals surface area contributed by atoms with Crippen molar-refractivity contribution in [1.29, 1.82) is 0 Å². The lowest BCUT2D eigenvalue weighted by Crippen LogP contribution is -2.50. The average molecular weight is 296 g/mol. The second-order valence-electron chi connectivity index (χ2n) is 4.71. The van der Waals surface area contributed by atoms with Crippen molar-refractivity contribution in [2.45, 2.75) is 0 Å². The summed E-state index contributed by atoms with van der Waals surface area (Å²) < 4.78 is 18.5. The summed E-state index contributed by atoms with van der Waals surface area (Å²) in [5.74, 6) is -1.63. The number of anilines is 1. The minimum absolute atomic E-state index is 0.244. The number of hydrogen-bond donors (Lipinski definition) is 1. The molecule has 0 aromatic heterocycles. The predicted molar refractivity (Wildman–Crippen MR) is 73.6 cm³/mol. The number of amides is 1. The number of hydrogen-bond acceptors (Lipinski definition) is 4. The van der Waals surface area contributed by atoms with Gasteiger partial charge in [-0.3, -0.25) is 4.79 Å². The molecule has 1 N–H and O–H groups in total. The molecule has 1 aliphatic heterocycles. The highest BCUT2D eigenvalue weighted by Crippen LogP contribution is 2.20. The number of rotatable bonds is 5. The Balaban J connectivity index is 1.82. The Morgan fingerprint density at radius 1 is 1.14 bits per heavy atom. The zero-order valence-corrected chi connectivity index (χ0v) is 11.5. The molecule has 1 aromatic carbocycles. The van der Waals surface area contributed by atoms with Gasteiger partial charge >= 0.3 is 5.97 Å². The molecule has 0 spiro atoms. The van der Waals surface area contributed by atoms with Crippen LogP contribution in [0.25, 0.3) is 0 Å². The molecule has 2 rings (SSSR count). The van der Waals surface area contributed by atoms with Gasteiger partial charge in [0.15, 0.2) is 0 Å². The van der Waals surface area contributed by atoms with Gasteiger partial charge in [-0.25, -0.2) is 9.18 Å². The van der Waals surface area contributed by atoms with Crippen LogP contribution in [0.5, 0.6) is 0 Å². The van der Waals surface area contributed by atoms with E-state index in [0.29, 0.717) is 31.9 Å². The number of carbonyl (C=O) groups excluding carboxylic acids is 1. The summed E-state index contributed by atoms with van der Waals surface area (Å²) in [6.07, 6.45) is 0. The van der Waals surface area contributed by atoms with Gasteiger partial charge in [0.2, 0.25) is 5.91 Å². The predicted octanol–water partition coefficient (Wildman–Crippen LogP) is 0.575. The first kappa shape index (κ1) is 15.2. The van der Waals surface area contributed by atoms with Crippen molar-refractivity contribution in [3.63, 3.8) is 0 Å². The number of halogens is 1. The van der Waals surface area contributed by atoms with E-state index in [-0.39, 0.29) is 18.3 Å². The van der Waals surface area contributed by atoms with Crippen molar-refractivity contribution in [2.24, 2.45) is 0 Å². The van der Waals surface area contributed by atoms with E-state index in [9.17, 15) is 14.0 Å². The molecule has 114 valence electrons. The molecule has 0 bridgehead atoms. The Kier molecular flexibility index (Phi) is 5.10. The minimum Gasteiger partial charge on any atom is -0.480 e. The first-order valence-electron chi connectivity index (χ1n) is 6.64. The summed E-state index contributed by atoms with van der Waals surface area (Å²) >= 11 is 0. The minimum atomic E-state index is -1.10. The van der Waals surface area contributed by atoms with Crippen LogP contribution in [0.1, 0.15) is 0 Å². The molecule has 1 aliphatic rings. The smallest absolute Gasteiger partial charge is 0.329 e. The molecule has 0 radical (unpaired) electrons. The Morgan fingerprint density at radius 2 is 1.81 bits per heavy atom. The number of carboxylic acid groups (broad SMARTS) is 1. The normalized spacial score (nSPS) is 15.1. The molecule has 7 heteroatoms. The number of nitrogens with zero attached hydrogens (tertiary/aromatic N) is 2. The van der Waals surface area contributed by atoms with Crippen molar-refractivity contribution >= 4 is 17.6 Å². The molecule has 21 heavy (non-hydrogen) atoms. The van der Waals surface area contributed by atoms with Gasteiger partial charge in [-0.15, -0.1) is 0 Å². The van der Waals surface area contributed by atoms with E-state index in [1.165, 1.54) is 6.07 Å². The fourth-order valence-corrected chi connectivity index (χ4v) is 2.22. The number of carbonyl (C=O) groups is 2. The fraction of sp³-hybridized carbons (Fsp3) is 0.429. The van der Waals surface area contributed by atoms with E-state index in [2.05, 4.69) is 0 Å². The van der Waals surface area contributed by atoms with Crippen molar-refractivity contribution in [3.05, 3.63) is 30.1 Å². The SMILES string of the molecule is O=C(O)COCC(=O)N1CCN(c2ccccc2F)CC1. The third kappa shape index (κ3) is 4.16. The zero-order chi connectivity index (χ0) is 15.2. The highest BCUT2D eigenvalue weighted by Gasteiger charge is 2.22. The highest BCUT2D eigenvalue weighted by atomic mass is 19.1. The molecule has 1 heterocycles. The lowest BCUT2D eigenvalue weighted by atomic mass is 10.2. The molecule has 0 unspecified atom stereocenters. The van der Waals surface area contributed by atoms with Gasteiger partial charge in [0, 0.05) is 26.2 Å². The van der Waals surface area contributed by atoms with E-state index in [0.717, 1.165) is 0 Å². The second kappa shape index (κ2) is 7.03. The Bertz CT molecular complexity index is 515. The fourth-order valence-electron chi connectivity index (χ4n) is 2.22. The lowest BCUT2D eigenvalue weighted by Gasteiger charge is -2.36. The highest BCUT2D eigenvalue weighted by molar-refractivity contribution is 5.78. The molecule has 1 fully saturated rings. The van der Waals surface area contributed by atoms with Gasteiger partial charge < -0.3 is 19.6 Å². The molecule has 1 saturated heterocycles. The number of aliphatic carboxylic acids is 1. The average Bonchev–Trinajstić information content (AvgIpc) is 2.47. The molecule has 1 aromatic rings. The third-order valence-corrected chi connectivity index (χ3v) is 3.28. The van der Waals surface area contributed by atoms with Gasteiger partial charge in [0.1, 0.15) is 19.0 Å².